The minimum atomic E-state index is -1.45. The van der Waals surface area contributed by atoms with Crippen LogP contribution in [0.25, 0.3) is 0 Å². The number of carbonyl (C=O) groups is 3. The van der Waals surface area contributed by atoms with Gasteiger partial charge in [0.1, 0.15) is 10.8 Å². The molecule has 0 aliphatic carbocycles. The van der Waals surface area contributed by atoms with Crippen LogP contribution in [0.1, 0.15) is 47.9 Å². The molecular weight excluding hydrogens is 455 g/mol. The fraction of sp³-hybridized carbons (Fsp3) is 0.320. The van der Waals surface area contributed by atoms with Crippen LogP contribution in [-0.4, -0.2) is 44.0 Å². The summed E-state index contributed by atoms with van der Waals surface area (Å²) in [4.78, 5) is 51.8. The Labute approximate surface area is 200 Å². The summed E-state index contributed by atoms with van der Waals surface area (Å²) in [6.07, 6.45) is 6.17. The van der Waals surface area contributed by atoms with E-state index in [1.807, 2.05) is 5.38 Å². The molecular formula is C25H23FN4O3S. The van der Waals surface area contributed by atoms with Crippen LogP contribution in [0.5, 0.6) is 0 Å². The minimum absolute atomic E-state index is 0.0578. The predicted molar refractivity (Wildman–Crippen MR) is 123 cm³/mol. The number of pyridine rings is 1. The lowest BCUT2D eigenvalue weighted by Crippen LogP contribution is -2.43. The molecule has 2 aliphatic rings. The number of aromatic nitrogens is 2. The number of halogens is 1. The number of thiazole rings is 1. The van der Waals surface area contributed by atoms with E-state index in [4.69, 9.17) is 0 Å². The van der Waals surface area contributed by atoms with E-state index in [-0.39, 0.29) is 37.2 Å². The smallest absolute Gasteiger partial charge is 0.241 e. The molecule has 3 amide bonds. The summed E-state index contributed by atoms with van der Waals surface area (Å²) in [6.45, 7) is 0.617. The number of imide groups is 1. The van der Waals surface area contributed by atoms with Crippen LogP contribution >= 0.6 is 11.3 Å². The number of benzene rings is 1. The van der Waals surface area contributed by atoms with Crippen LogP contribution in [0.15, 0.2) is 60.4 Å². The Bertz CT molecular complexity index is 1220. The number of hydrogen-bond acceptors (Lipinski definition) is 6. The highest BCUT2D eigenvalue weighted by atomic mass is 32.1. The van der Waals surface area contributed by atoms with Gasteiger partial charge in [0, 0.05) is 43.4 Å². The SMILES string of the molecule is O=C1C[C@@](CC(=O)N2CCC[C@@H]2c2nccs2)(c2cccc(F)c2)C(=O)N1Cc1cccnc1. The molecule has 0 N–H and O–H groups in total. The fourth-order valence-electron chi connectivity index (χ4n) is 4.97. The highest BCUT2D eigenvalue weighted by molar-refractivity contribution is 7.09. The van der Waals surface area contributed by atoms with Gasteiger partial charge in [0.25, 0.3) is 0 Å². The molecule has 3 aromatic rings. The van der Waals surface area contributed by atoms with Crippen molar-refractivity contribution in [2.24, 2.45) is 0 Å². The first-order chi connectivity index (χ1) is 16.5. The second kappa shape index (κ2) is 9.06. The Morgan fingerprint density at radius 3 is 2.82 bits per heavy atom. The van der Waals surface area contributed by atoms with Gasteiger partial charge in [-0.05, 0) is 42.2 Å². The number of likely N-dealkylation sites (tertiary alicyclic amines) is 2. The van der Waals surface area contributed by atoms with E-state index in [9.17, 15) is 18.8 Å². The van der Waals surface area contributed by atoms with Crippen molar-refractivity contribution in [1.29, 1.82) is 0 Å². The van der Waals surface area contributed by atoms with E-state index < -0.39 is 17.1 Å². The van der Waals surface area contributed by atoms with Gasteiger partial charge in [0.15, 0.2) is 0 Å². The van der Waals surface area contributed by atoms with Gasteiger partial charge in [0.05, 0.1) is 18.0 Å². The molecule has 0 radical (unpaired) electrons. The second-order valence-corrected chi connectivity index (χ2v) is 9.63. The Hall–Kier alpha value is -3.46. The third-order valence-corrected chi connectivity index (χ3v) is 7.49. The standard InChI is InChI=1S/C25H23FN4O3S/c26-19-6-1-5-18(12-19)25(13-21(31)29-10-3-7-20(29)23-28-9-11-34-23)14-22(32)30(24(25)33)16-17-4-2-8-27-15-17/h1-2,4-6,8-9,11-12,15,20H,3,7,10,13-14,16H2/t20-,25+/m1/s1. The van der Waals surface area contributed by atoms with Crippen molar-refractivity contribution in [3.8, 4) is 0 Å². The first-order valence-corrected chi connectivity index (χ1v) is 12.0. The largest absolute Gasteiger partial charge is 0.333 e. The maximum Gasteiger partial charge on any atom is 0.241 e. The van der Waals surface area contributed by atoms with Crippen molar-refractivity contribution in [2.45, 2.75) is 43.7 Å². The third kappa shape index (κ3) is 4.00. The number of rotatable bonds is 6. The lowest BCUT2D eigenvalue weighted by atomic mass is 9.75. The summed E-state index contributed by atoms with van der Waals surface area (Å²) in [7, 11) is 0. The van der Waals surface area contributed by atoms with Gasteiger partial charge < -0.3 is 4.90 Å². The monoisotopic (exact) mass is 478 g/mol. The number of carbonyl (C=O) groups excluding carboxylic acids is 3. The number of nitrogens with zero attached hydrogens (tertiary/aromatic N) is 4. The molecule has 0 unspecified atom stereocenters. The van der Waals surface area contributed by atoms with Gasteiger partial charge in [-0.1, -0.05) is 18.2 Å². The molecule has 0 spiro atoms. The van der Waals surface area contributed by atoms with Crippen molar-refractivity contribution in [1.82, 2.24) is 19.8 Å². The zero-order valence-corrected chi connectivity index (χ0v) is 19.2. The van der Waals surface area contributed by atoms with Gasteiger partial charge in [-0.15, -0.1) is 11.3 Å². The minimum Gasteiger partial charge on any atom is -0.333 e. The van der Waals surface area contributed by atoms with Gasteiger partial charge in [-0.3, -0.25) is 24.3 Å². The summed E-state index contributed by atoms with van der Waals surface area (Å²) in [6, 6.07) is 9.04. The van der Waals surface area contributed by atoms with E-state index in [1.54, 1.807) is 41.7 Å². The highest BCUT2D eigenvalue weighted by Gasteiger charge is 2.54. The van der Waals surface area contributed by atoms with Gasteiger partial charge in [-0.25, -0.2) is 9.37 Å². The van der Waals surface area contributed by atoms with E-state index in [2.05, 4.69) is 9.97 Å². The van der Waals surface area contributed by atoms with Crippen LogP contribution in [0.2, 0.25) is 0 Å². The summed E-state index contributed by atoms with van der Waals surface area (Å²) >= 11 is 1.49. The molecule has 0 bridgehead atoms. The first kappa shape index (κ1) is 22.3. The maximum absolute atomic E-state index is 14.2. The zero-order valence-electron chi connectivity index (χ0n) is 18.4. The molecule has 2 atom stereocenters. The summed E-state index contributed by atoms with van der Waals surface area (Å²) in [5.41, 5.74) is -0.402. The molecule has 9 heteroatoms. The summed E-state index contributed by atoms with van der Waals surface area (Å²) in [5, 5.41) is 2.73. The molecule has 4 heterocycles. The Morgan fingerprint density at radius 2 is 2.09 bits per heavy atom. The topological polar surface area (TPSA) is 83.5 Å². The number of hydrogen-bond donors (Lipinski definition) is 0. The predicted octanol–water partition coefficient (Wildman–Crippen LogP) is 3.63. The number of amides is 3. The average molecular weight is 479 g/mol. The maximum atomic E-state index is 14.2. The van der Waals surface area contributed by atoms with Crippen molar-refractivity contribution in [2.75, 3.05) is 6.54 Å². The molecule has 2 aliphatic heterocycles. The molecule has 5 rings (SSSR count). The van der Waals surface area contributed by atoms with E-state index in [1.165, 1.54) is 29.5 Å². The van der Waals surface area contributed by atoms with Crippen LogP contribution in [0, 0.1) is 5.82 Å². The molecule has 34 heavy (non-hydrogen) atoms. The third-order valence-electron chi connectivity index (χ3n) is 6.61. The van der Waals surface area contributed by atoms with Crippen LogP contribution in [0.3, 0.4) is 0 Å². The first-order valence-electron chi connectivity index (χ1n) is 11.2. The Kier molecular flexibility index (Phi) is 5.95. The van der Waals surface area contributed by atoms with E-state index in [0.717, 1.165) is 22.7 Å². The molecule has 2 fully saturated rings. The lowest BCUT2D eigenvalue weighted by molar-refractivity contribution is -0.143. The second-order valence-electron chi connectivity index (χ2n) is 8.71. The molecule has 0 saturated carbocycles. The van der Waals surface area contributed by atoms with E-state index >= 15 is 0 Å². The normalized spacial score (nSPS) is 22.6. The van der Waals surface area contributed by atoms with Crippen LogP contribution in [0.4, 0.5) is 4.39 Å². The molecule has 174 valence electrons. The Morgan fingerprint density at radius 1 is 1.21 bits per heavy atom. The van der Waals surface area contributed by atoms with Crippen LogP contribution < -0.4 is 0 Å². The van der Waals surface area contributed by atoms with Gasteiger partial charge in [0.2, 0.25) is 17.7 Å². The Balaban J connectivity index is 1.48. The van der Waals surface area contributed by atoms with Gasteiger partial charge in [-0.2, -0.15) is 0 Å². The summed E-state index contributed by atoms with van der Waals surface area (Å²) < 4.78 is 14.2. The molecule has 2 saturated heterocycles. The van der Waals surface area contributed by atoms with Crippen molar-refractivity contribution >= 4 is 29.1 Å². The van der Waals surface area contributed by atoms with Crippen molar-refractivity contribution in [3.05, 3.63) is 82.3 Å². The van der Waals surface area contributed by atoms with Crippen LogP contribution in [-0.2, 0) is 26.3 Å². The average Bonchev–Trinajstić information content (AvgIpc) is 3.57. The molecule has 2 aromatic heterocycles. The van der Waals surface area contributed by atoms with Crippen molar-refractivity contribution < 1.29 is 18.8 Å². The van der Waals surface area contributed by atoms with Crippen molar-refractivity contribution in [3.63, 3.8) is 0 Å². The summed E-state index contributed by atoms with van der Waals surface area (Å²) in [5.74, 6) is -1.61. The zero-order chi connectivity index (χ0) is 23.7. The lowest BCUT2D eigenvalue weighted by Gasteiger charge is -2.31. The molecule has 7 nitrogen and oxygen atoms in total. The fourth-order valence-corrected chi connectivity index (χ4v) is 5.75. The molecule has 1 aromatic carbocycles. The van der Waals surface area contributed by atoms with Gasteiger partial charge >= 0.3 is 0 Å². The quantitative estimate of drug-likeness (QED) is 0.506. The van der Waals surface area contributed by atoms with E-state index in [0.29, 0.717) is 17.7 Å². The highest BCUT2D eigenvalue weighted by Crippen LogP contribution is 2.43.